The van der Waals surface area contributed by atoms with E-state index >= 15 is 0 Å². The summed E-state index contributed by atoms with van der Waals surface area (Å²) in [6.45, 7) is 0.0155. The number of aliphatic hydroxyl groups excluding tert-OH is 1. The van der Waals surface area contributed by atoms with Crippen LogP contribution >= 0.6 is 11.5 Å². The summed E-state index contributed by atoms with van der Waals surface area (Å²) in [6.07, 6.45) is 0. The zero-order valence-corrected chi connectivity index (χ0v) is 10.4. The van der Waals surface area contributed by atoms with E-state index in [1.165, 1.54) is 11.5 Å². The van der Waals surface area contributed by atoms with Gasteiger partial charge in [-0.2, -0.15) is 0 Å². The number of benzene rings is 2. The monoisotopic (exact) mass is 257 g/mol. The molecule has 1 N–H and O–H groups in total. The normalized spacial score (nSPS) is 10.9. The summed E-state index contributed by atoms with van der Waals surface area (Å²) in [4.78, 5) is 12.2. The second-order valence-electron chi connectivity index (χ2n) is 4.01. The van der Waals surface area contributed by atoms with Crippen LogP contribution in [0.25, 0.3) is 15.8 Å². The minimum atomic E-state index is 0.00680. The predicted octanol–water partition coefficient (Wildman–Crippen LogP) is 2.54. The number of hydrogen-bond acceptors (Lipinski definition) is 3. The maximum atomic E-state index is 12.2. The van der Waals surface area contributed by atoms with Crippen LogP contribution in [0, 0.1) is 0 Å². The van der Waals surface area contributed by atoms with E-state index in [-0.39, 0.29) is 12.2 Å². The highest BCUT2D eigenvalue weighted by molar-refractivity contribution is 7.14. The highest BCUT2D eigenvalue weighted by Crippen LogP contribution is 2.19. The Morgan fingerprint density at radius 2 is 1.78 bits per heavy atom. The number of aliphatic hydroxyl groups is 1. The van der Waals surface area contributed by atoms with Crippen molar-refractivity contribution in [2.45, 2.75) is 6.61 Å². The van der Waals surface area contributed by atoms with E-state index in [1.807, 2.05) is 48.5 Å². The Hall–Kier alpha value is -1.91. The van der Waals surface area contributed by atoms with Crippen molar-refractivity contribution in [3.63, 3.8) is 0 Å². The molecule has 2 aromatic carbocycles. The quantitative estimate of drug-likeness (QED) is 0.766. The Bertz CT molecular complexity index is 740. The van der Waals surface area contributed by atoms with E-state index in [0.717, 1.165) is 21.3 Å². The number of rotatable bonds is 2. The maximum absolute atomic E-state index is 12.2. The molecular weight excluding hydrogens is 246 g/mol. The van der Waals surface area contributed by atoms with Crippen molar-refractivity contribution >= 4 is 21.6 Å². The Morgan fingerprint density at radius 1 is 1.06 bits per heavy atom. The molecule has 0 unspecified atom stereocenters. The average Bonchev–Trinajstić information content (AvgIpc) is 2.77. The molecule has 0 saturated heterocycles. The van der Waals surface area contributed by atoms with Crippen molar-refractivity contribution in [3.8, 4) is 5.69 Å². The Morgan fingerprint density at radius 3 is 2.44 bits per heavy atom. The first kappa shape index (κ1) is 11.2. The smallest absolute Gasteiger partial charge is 0.273 e. The Labute approximate surface area is 108 Å². The van der Waals surface area contributed by atoms with Gasteiger partial charge in [0.25, 0.3) is 5.56 Å². The van der Waals surface area contributed by atoms with Crippen LogP contribution in [0.1, 0.15) is 5.56 Å². The lowest BCUT2D eigenvalue weighted by atomic mass is 10.2. The van der Waals surface area contributed by atoms with Crippen LogP contribution in [-0.2, 0) is 6.61 Å². The molecule has 0 aliphatic carbocycles. The highest BCUT2D eigenvalue weighted by Gasteiger charge is 2.08. The molecule has 0 radical (unpaired) electrons. The third-order valence-corrected chi connectivity index (χ3v) is 3.96. The van der Waals surface area contributed by atoms with Gasteiger partial charge in [-0.25, -0.2) is 3.96 Å². The predicted molar refractivity (Wildman–Crippen MR) is 73.3 cm³/mol. The lowest BCUT2D eigenvalue weighted by Crippen LogP contribution is -2.10. The van der Waals surface area contributed by atoms with E-state index in [4.69, 9.17) is 5.11 Å². The molecule has 0 aliphatic rings. The van der Waals surface area contributed by atoms with Gasteiger partial charge in [-0.05, 0) is 29.8 Å². The molecule has 0 bridgehead atoms. The van der Waals surface area contributed by atoms with Crippen LogP contribution in [0.4, 0.5) is 0 Å². The van der Waals surface area contributed by atoms with Gasteiger partial charge >= 0.3 is 0 Å². The van der Waals surface area contributed by atoms with Crippen molar-refractivity contribution in [2.75, 3.05) is 0 Å². The molecule has 1 heterocycles. The molecule has 0 atom stereocenters. The van der Waals surface area contributed by atoms with E-state index in [0.29, 0.717) is 0 Å². The van der Waals surface area contributed by atoms with Crippen LogP contribution in [-0.4, -0.2) is 9.06 Å². The van der Waals surface area contributed by atoms with Gasteiger partial charge in [-0.15, -0.1) is 0 Å². The number of hydrogen-bond donors (Lipinski definition) is 1. The van der Waals surface area contributed by atoms with E-state index in [9.17, 15) is 4.79 Å². The molecule has 18 heavy (non-hydrogen) atoms. The average molecular weight is 257 g/mol. The Balaban J connectivity index is 2.18. The maximum Gasteiger partial charge on any atom is 0.273 e. The van der Waals surface area contributed by atoms with Crippen LogP contribution in [0.5, 0.6) is 0 Å². The van der Waals surface area contributed by atoms with Gasteiger partial charge in [0.1, 0.15) is 0 Å². The topological polar surface area (TPSA) is 42.2 Å². The Kier molecular flexibility index (Phi) is 2.74. The fourth-order valence-electron chi connectivity index (χ4n) is 1.88. The molecule has 0 amide bonds. The SMILES string of the molecule is O=c1c2ccccc2sn1-c1ccc(CO)cc1. The number of nitrogens with zero attached hydrogens (tertiary/aromatic N) is 1. The molecular formula is C14H11NO2S. The molecule has 3 rings (SSSR count). The zero-order valence-electron chi connectivity index (χ0n) is 9.54. The first-order valence-electron chi connectivity index (χ1n) is 5.61. The third-order valence-electron chi connectivity index (χ3n) is 2.84. The van der Waals surface area contributed by atoms with Gasteiger partial charge in [0.2, 0.25) is 0 Å². The lowest BCUT2D eigenvalue weighted by molar-refractivity contribution is 0.282. The second-order valence-corrected chi connectivity index (χ2v) is 5.00. The first-order chi connectivity index (χ1) is 8.79. The van der Waals surface area contributed by atoms with Gasteiger partial charge < -0.3 is 5.11 Å². The highest BCUT2D eigenvalue weighted by atomic mass is 32.1. The van der Waals surface area contributed by atoms with E-state index < -0.39 is 0 Å². The molecule has 1 aromatic heterocycles. The van der Waals surface area contributed by atoms with E-state index in [2.05, 4.69) is 0 Å². The summed E-state index contributed by atoms with van der Waals surface area (Å²) in [5.41, 5.74) is 1.68. The van der Waals surface area contributed by atoms with Gasteiger partial charge in [0, 0.05) is 0 Å². The summed E-state index contributed by atoms with van der Waals surface area (Å²) < 4.78 is 2.65. The first-order valence-corrected chi connectivity index (χ1v) is 6.38. The van der Waals surface area contributed by atoms with Gasteiger partial charge in [0.15, 0.2) is 0 Å². The van der Waals surface area contributed by atoms with Crippen LogP contribution in [0.15, 0.2) is 53.3 Å². The van der Waals surface area contributed by atoms with E-state index in [1.54, 1.807) is 3.96 Å². The van der Waals surface area contributed by atoms with Crippen LogP contribution in [0.2, 0.25) is 0 Å². The number of fused-ring (bicyclic) bond motifs is 1. The molecule has 0 aliphatic heterocycles. The zero-order chi connectivity index (χ0) is 12.5. The minimum Gasteiger partial charge on any atom is -0.392 e. The summed E-state index contributed by atoms with van der Waals surface area (Å²) in [5.74, 6) is 0. The van der Waals surface area contributed by atoms with Gasteiger partial charge in [0.05, 0.1) is 22.4 Å². The largest absolute Gasteiger partial charge is 0.392 e. The fourth-order valence-corrected chi connectivity index (χ4v) is 2.88. The van der Waals surface area contributed by atoms with Crippen molar-refractivity contribution in [3.05, 3.63) is 64.4 Å². The molecule has 0 saturated carbocycles. The van der Waals surface area contributed by atoms with Crippen molar-refractivity contribution < 1.29 is 5.11 Å². The fraction of sp³-hybridized carbons (Fsp3) is 0.0714. The lowest BCUT2D eigenvalue weighted by Gasteiger charge is -2.01. The summed E-state index contributed by atoms with van der Waals surface area (Å²) in [6, 6.07) is 14.9. The second kappa shape index (κ2) is 4.40. The van der Waals surface area contributed by atoms with Crippen molar-refractivity contribution in [1.82, 2.24) is 3.96 Å². The molecule has 0 spiro atoms. The summed E-state index contributed by atoms with van der Waals surface area (Å²) in [7, 11) is 0. The molecule has 4 heteroatoms. The van der Waals surface area contributed by atoms with Crippen molar-refractivity contribution in [2.24, 2.45) is 0 Å². The molecule has 0 fully saturated rings. The van der Waals surface area contributed by atoms with Crippen LogP contribution < -0.4 is 5.56 Å². The standard InChI is InChI=1S/C14H11NO2S/c16-9-10-5-7-11(8-6-10)15-14(17)12-3-1-2-4-13(12)18-15/h1-8,16H,9H2. The van der Waals surface area contributed by atoms with Gasteiger partial charge in [-0.1, -0.05) is 35.8 Å². The number of aromatic nitrogens is 1. The summed E-state index contributed by atoms with van der Waals surface area (Å²) in [5, 5.41) is 9.75. The third kappa shape index (κ3) is 1.75. The molecule has 3 nitrogen and oxygen atoms in total. The molecule has 3 aromatic rings. The molecule has 90 valence electrons. The minimum absolute atomic E-state index is 0.00680. The van der Waals surface area contributed by atoms with Crippen molar-refractivity contribution in [1.29, 1.82) is 0 Å². The summed E-state index contributed by atoms with van der Waals surface area (Å²) >= 11 is 1.43. The van der Waals surface area contributed by atoms with Crippen LogP contribution in [0.3, 0.4) is 0 Å². The van der Waals surface area contributed by atoms with Gasteiger partial charge in [-0.3, -0.25) is 4.79 Å².